The Bertz CT molecular complexity index is 383. The van der Waals surface area contributed by atoms with Gasteiger partial charge < -0.3 is 15.7 Å². The van der Waals surface area contributed by atoms with Gasteiger partial charge in [0.1, 0.15) is 0 Å². The second-order valence-corrected chi connectivity index (χ2v) is 4.36. The topological polar surface area (TPSA) is 74.2 Å². The zero-order chi connectivity index (χ0) is 12.3. The number of aliphatic hydroxyl groups is 1. The van der Waals surface area contributed by atoms with Crippen molar-refractivity contribution in [2.75, 3.05) is 6.54 Å². The summed E-state index contributed by atoms with van der Waals surface area (Å²) in [5.41, 5.74) is 1.02. The van der Waals surface area contributed by atoms with Crippen LogP contribution in [0.25, 0.3) is 0 Å². The average molecular weight is 235 g/mol. The highest BCUT2D eigenvalue weighted by atomic mass is 16.3. The van der Waals surface area contributed by atoms with Gasteiger partial charge in [0, 0.05) is 18.9 Å². The molecule has 3 N–H and O–H groups in total. The normalized spacial score (nSPS) is 25.5. The number of amides is 1. The van der Waals surface area contributed by atoms with E-state index < -0.39 is 6.10 Å². The molecule has 3 unspecified atom stereocenters. The van der Waals surface area contributed by atoms with Crippen LogP contribution in [0.2, 0.25) is 0 Å². The molecule has 1 aromatic heterocycles. The van der Waals surface area contributed by atoms with Crippen LogP contribution in [0.1, 0.15) is 24.9 Å². The largest absolute Gasteiger partial charge is 0.392 e. The van der Waals surface area contributed by atoms with Crippen LogP contribution in [0.15, 0.2) is 24.5 Å². The number of β-amino-alcohol motifs (C(OH)–C–C–N with tert-alkyl or cyclic N) is 1. The van der Waals surface area contributed by atoms with Gasteiger partial charge in [0.25, 0.3) is 0 Å². The van der Waals surface area contributed by atoms with Crippen LogP contribution in [-0.4, -0.2) is 34.7 Å². The van der Waals surface area contributed by atoms with Gasteiger partial charge in [-0.3, -0.25) is 9.78 Å². The van der Waals surface area contributed by atoms with E-state index in [1.54, 1.807) is 12.4 Å². The Morgan fingerprint density at radius 1 is 1.59 bits per heavy atom. The smallest absolute Gasteiger partial charge is 0.237 e. The van der Waals surface area contributed by atoms with Crippen molar-refractivity contribution in [3.05, 3.63) is 30.1 Å². The molecule has 1 fully saturated rings. The maximum absolute atomic E-state index is 11.9. The first kappa shape index (κ1) is 12.0. The molecule has 1 amide bonds. The summed E-state index contributed by atoms with van der Waals surface area (Å²) < 4.78 is 0. The van der Waals surface area contributed by atoms with Gasteiger partial charge in [-0.25, -0.2) is 0 Å². The fourth-order valence-electron chi connectivity index (χ4n) is 1.97. The molecule has 5 heteroatoms. The van der Waals surface area contributed by atoms with Crippen LogP contribution in [0.4, 0.5) is 0 Å². The standard InChI is InChI=1S/C12H17N3O2/c1-8(9-2-4-13-5-3-9)15-12(17)11-6-10(16)7-14-11/h2-5,8,10-11,14,16H,6-7H2,1H3,(H,15,17). The summed E-state index contributed by atoms with van der Waals surface area (Å²) in [6.07, 6.45) is 3.47. The summed E-state index contributed by atoms with van der Waals surface area (Å²) in [5.74, 6) is -0.0640. The zero-order valence-electron chi connectivity index (χ0n) is 9.76. The van der Waals surface area contributed by atoms with Gasteiger partial charge in [0.05, 0.1) is 18.2 Å². The SMILES string of the molecule is CC(NC(=O)C1CC(O)CN1)c1ccncc1. The summed E-state index contributed by atoms with van der Waals surface area (Å²) >= 11 is 0. The molecule has 3 atom stereocenters. The fourth-order valence-corrected chi connectivity index (χ4v) is 1.97. The van der Waals surface area contributed by atoms with Crippen molar-refractivity contribution in [2.45, 2.75) is 31.5 Å². The van der Waals surface area contributed by atoms with Gasteiger partial charge in [-0.2, -0.15) is 0 Å². The first-order chi connectivity index (χ1) is 8.16. The lowest BCUT2D eigenvalue weighted by atomic mass is 10.1. The number of hydrogen-bond donors (Lipinski definition) is 3. The molecule has 0 saturated carbocycles. The second kappa shape index (κ2) is 5.25. The summed E-state index contributed by atoms with van der Waals surface area (Å²) in [6, 6.07) is 3.42. The van der Waals surface area contributed by atoms with Crippen molar-refractivity contribution in [1.82, 2.24) is 15.6 Å². The van der Waals surface area contributed by atoms with Crippen LogP contribution < -0.4 is 10.6 Å². The molecule has 2 rings (SSSR count). The molecule has 0 bridgehead atoms. The highest BCUT2D eigenvalue weighted by Gasteiger charge is 2.28. The number of carbonyl (C=O) groups excluding carboxylic acids is 1. The van der Waals surface area contributed by atoms with E-state index in [1.165, 1.54) is 0 Å². The van der Waals surface area contributed by atoms with Gasteiger partial charge in [0.15, 0.2) is 0 Å². The zero-order valence-corrected chi connectivity index (χ0v) is 9.76. The Kier molecular flexibility index (Phi) is 3.71. The van der Waals surface area contributed by atoms with Gasteiger partial charge in [-0.15, -0.1) is 0 Å². The molecule has 1 aliphatic heterocycles. The molecule has 0 aliphatic carbocycles. The highest BCUT2D eigenvalue weighted by Crippen LogP contribution is 2.12. The predicted octanol–water partition coefficient (Wildman–Crippen LogP) is -0.0184. The predicted molar refractivity (Wildman–Crippen MR) is 63.2 cm³/mol. The van der Waals surface area contributed by atoms with E-state index in [-0.39, 0.29) is 18.0 Å². The van der Waals surface area contributed by atoms with E-state index in [0.29, 0.717) is 13.0 Å². The number of hydrogen-bond acceptors (Lipinski definition) is 4. The fraction of sp³-hybridized carbons (Fsp3) is 0.500. The van der Waals surface area contributed by atoms with Crippen LogP contribution in [0.3, 0.4) is 0 Å². The number of rotatable bonds is 3. The number of pyridine rings is 1. The summed E-state index contributed by atoms with van der Waals surface area (Å²) in [6.45, 7) is 2.42. The second-order valence-electron chi connectivity index (χ2n) is 4.36. The van der Waals surface area contributed by atoms with E-state index in [2.05, 4.69) is 15.6 Å². The number of aromatic nitrogens is 1. The van der Waals surface area contributed by atoms with E-state index in [0.717, 1.165) is 5.56 Å². The summed E-state index contributed by atoms with van der Waals surface area (Å²) in [4.78, 5) is 15.8. The molecule has 5 nitrogen and oxygen atoms in total. The third kappa shape index (κ3) is 3.01. The molecular formula is C12H17N3O2. The van der Waals surface area contributed by atoms with Crippen molar-refractivity contribution in [1.29, 1.82) is 0 Å². The minimum atomic E-state index is -0.415. The lowest BCUT2D eigenvalue weighted by Gasteiger charge is -2.17. The van der Waals surface area contributed by atoms with Crippen molar-refractivity contribution in [3.8, 4) is 0 Å². The van der Waals surface area contributed by atoms with E-state index in [9.17, 15) is 9.90 Å². The monoisotopic (exact) mass is 235 g/mol. The van der Waals surface area contributed by atoms with Gasteiger partial charge >= 0.3 is 0 Å². The third-order valence-electron chi connectivity index (χ3n) is 2.99. The third-order valence-corrected chi connectivity index (χ3v) is 2.99. The summed E-state index contributed by atoms with van der Waals surface area (Å²) in [7, 11) is 0. The van der Waals surface area contributed by atoms with Crippen LogP contribution in [0, 0.1) is 0 Å². The number of nitrogens with one attached hydrogen (secondary N) is 2. The van der Waals surface area contributed by atoms with E-state index in [4.69, 9.17) is 0 Å². The number of aliphatic hydroxyl groups excluding tert-OH is 1. The van der Waals surface area contributed by atoms with Gasteiger partial charge in [-0.1, -0.05) is 0 Å². The lowest BCUT2D eigenvalue weighted by Crippen LogP contribution is -2.41. The van der Waals surface area contributed by atoms with Crippen LogP contribution in [-0.2, 0) is 4.79 Å². The molecule has 1 aromatic rings. The maximum Gasteiger partial charge on any atom is 0.237 e. The quantitative estimate of drug-likeness (QED) is 0.688. The van der Waals surface area contributed by atoms with Crippen molar-refractivity contribution in [2.24, 2.45) is 0 Å². The number of carbonyl (C=O) groups is 1. The van der Waals surface area contributed by atoms with Crippen molar-refractivity contribution in [3.63, 3.8) is 0 Å². The molecule has 1 saturated heterocycles. The average Bonchev–Trinajstić information content (AvgIpc) is 2.77. The maximum atomic E-state index is 11.9. The molecule has 1 aliphatic rings. The van der Waals surface area contributed by atoms with Gasteiger partial charge in [-0.05, 0) is 31.0 Å². The van der Waals surface area contributed by atoms with E-state index >= 15 is 0 Å². The Morgan fingerprint density at radius 2 is 2.29 bits per heavy atom. The molecule has 17 heavy (non-hydrogen) atoms. The Hall–Kier alpha value is -1.46. The Labute approximate surface area is 100 Å². The van der Waals surface area contributed by atoms with Gasteiger partial charge in [0.2, 0.25) is 5.91 Å². The molecule has 0 spiro atoms. The highest BCUT2D eigenvalue weighted by molar-refractivity contribution is 5.82. The van der Waals surface area contributed by atoms with Crippen LogP contribution >= 0.6 is 0 Å². The van der Waals surface area contributed by atoms with Crippen LogP contribution in [0.5, 0.6) is 0 Å². The molecule has 0 radical (unpaired) electrons. The van der Waals surface area contributed by atoms with E-state index in [1.807, 2.05) is 19.1 Å². The molecule has 92 valence electrons. The summed E-state index contributed by atoms with van der Waals surface area (Å²) in [5, 5.41) is 15.3. The Morgan fingerprint density at radius 3 is 2.88 bits per heavy atom. The minimum Gasteiger partial charge on any atom is -0.392 e. The first-order valence-corrected chi connectivity index (χ1v) is 5.78. The lowest BCUT2D eigenvalue weighted by molar-refractivity contribution is -0.123. The minimum absolute atomic E-state index is 0.0509. The first-order valence-electron chi connectivity index (χ1n) is 5.78. The molecular weight excluding hydrogens is 218 g/mol. The van der Waals surface area contributed by atoms with Crippen molar-refractivity contribution < 1.29 is 9.90 Å². The number of nitrogens with zero attached hydrogens (tertiary/aromatic N) is 1. The Balaban J connectivity index is 1.91. The molecule has 0 aromatic carbocycles. The molecule has 2 heterocycles. The van der Waals surface area contributed by atoms with Crippen molar-refractivity contribution >= 4 is 5.91 Å².